The Labute approximate surface area is 149 Å². The van der Waals surface area contributed by atoms with Gasteiger partial charge >= 0.3 is 0 Å². The minimum Gasteiger partial charge on any atom is -0.334 e. The molecule has 5 nitrogen and oxygen atoms in total. The van der Waals surface area contributed by atoms with Gasteiger partial charge in [0.25, 0.3) is 0 Å². The van der Waals surface area contributed by atoms with Crippen LogP contribution in [0.25, 0.3) is 0 Å². The number of aromatic nitrogens is 2. The Balaban J connectivity index is 2.12. The van der Waals surface area contributed by atoms with Crippen molar-refractivity contribution in [1.29, 1.82) is 0 Å². The summed E-state index contributed by atoms with van der Waals surface area (Å²) in [5.41, 5.74) is 0.996. The fourth-order valence-corrected chi connectivity index (χ4v) is 2.55. The third kappa shape index (κ3) is 5.67. The highest BCUT2D eigenvalue weighted by atomic mass is 19.1. The van der Waals surface area contributed by atoms with Crippen molar-refractivity contribution >= 4 is 5.91 Å². The van der Waals surface area contributed by atoms with Gasteiger partial charge < -0.3 is 14.4 Å². The summed E-state index contributed by atoms with van der Waals surface area (Å²) in [5.74, 6) is 0.657. The molecule has 0 radical (unpaired) electrons. The van der Waals surface area contributed by atoms with Crippen LogP contribution in [0.15, 0.2) is 36.7 Å². The van der Waals surface area contributed by atoms with Crippen molar-refractivity contribution in [2.75, 3.05) is 27.2 Å². The number of hydrogen-bond acceptors (Lipinski definition) is 3. The highest BCUT2D eigenvalue weighted by molar-refractivity contribution is 5.78. The molecule has 1 aromatic heterocycles. The molecule has 0 saturated heterocycles. The van der Waals surface area contributed by atoms with Gasteiger partial charge in [0, 0.05) is 37.9 Å². The van der Waals surface area contributed by atoms with Crippen LogP contribution in [-0.2, 0) is 17.9 Å². The zero-order valence-corrected chi connectivity index (χ0v) is 15.4. The zero-order chi connectivity index (χ0) is 18.4. The molecule has 1 heterocycles. The summed E-state index contributed by atoms with van der Waals surface area (Å²) in [5, 5.41) is 0. The van der Waals surface area contributed by atoms with E-state index in [-0.39, 0.29) is 17.6 Å². The topological polar surface area (TPSA) is 41.4 Å². The Hall–Kier alpha value is -2.21. The standard InChI is InChI=1S/C19H27FN4O/c1-15(2)19(25)24(12-11-22(3)4)14-18-21-9-10-23(18)13-16-5-7-17(20)8-6-16/h5-10,15H,11-14H2,1-4H3. The Kier molecular flexibility index (Phi) is 6.70. The lowest BCUT2D eigenvalue weighted by atomic mass is 10.2. The Morgan fingerprint density at radius 2 is 1.88 bits per heavy atom. The van der Waals surface area contributed by atoms with Gasteiger partial charge in [0.15, 0.2) is 0 Å². The summed E-state index contributed by atoms with van der Waals surface area (Å²) < 4.78 is 15.1. The van der Waals surface area contributed by atoms with E-state index in [1.54, 1.807) is 18.3 Å². The number of amides is 1. The first kappa shape index (κ1) is 19.1. The van der Waals surface area contributed by atoms with Crippen molar-refractivity contribution in [2.45, 2.75) is 26.9 Å². The van der Waals surface area contributed by atoms with E-state index in [0.717, 1.165) is 17.9 Å². The third-order valence-electron chi connectivity index (χ3n) is 4.02. The third-order valence-corrected chi connectivity index (χ3v) is 4.02. The molecule has 136 valence electrons. The number of carbonyl (C=O) groups excluding carboxylic acids is 1. The normalized spacial score (nSPS) is 11.3. The maximum absolute atomic E-state index is 13.1. The molecule has 25 heavy (non-hydrogen) atoms. The quantitative estimate of drug-likeness (QED) is 0.738. The average Bonchev–Trinajstić information content (AvgIpc) is 2.99. The van der Waals surface area contributed by atoms with E-state index < -0.39 is 0 Å². The van der Waals surface area contributed by atoms with Gasteiger partial charge in [-0.15, -0.1) is 0 Å². The lowest BCUT2D eigenvalue weighted by Crippen LogP contribution is -2.39. The second kappa shape index (κ2) is 8.76. The summed E-state index contributed by atoms with van der Waals surface area (Å²) in [6.45, 7) is 6.36. The van der Waals surface area contributed by atoms with Gasteiger partial charge in [-0.3, -0.25) is 4.79 Å². The second-order valence-corrected chi connectivity index (χ2v) is 6.82. The van der Waals surface area contributed by atoms with Crippen LogP contribution in [0.2, 0.25) is 0 Å². The molecule has 2 aromatic rings. The highest BCUT2D eigenvalue weighted by Gasteiger charge is 2.19. The van der Waals surface area contributed by atoms with E-state index in [9.17, 15) is 9.18 Å². The summed E-state index contributed by atoms with van der Waals surface area (Å²) >= 11 is 0. The molecule has 6 heteroatoms. The summed E-state index contributed by atoms with van der Waals surface area (Å²) in [4.78, 5) is 20.9. The molecule has 1 aromatic carbocycles. The van der Waals surface area contributed by atoms with Crippen molar-refractivity contribution in [1.82, 2.24) is 19.4 Å². The van der Waals surface area contributed by atoms with E-state index in [1.807, 2.05) is 43.6 Å². The van der Waals surface area contributed by atoms with E-state index in [4.69, 9.17) is 0 Å². The molecule has 0 aliphatic carbocycles. The van der Waals surface area contributed by atoms with E-state index in [0.29, 0.717) is 19.6 Å². The Bertz CT molecular complexity index is 679. The van der Waals surface area contributed by atoms with Crippen molar-refractivity contribution in [3.8, 4) is 0 Å². The molecule has 0 unspecified atom stereocenters. The zero-order valence-electron chi connectivity index (χ0n) is 15.4. The van der Waals surface area contributed by atoms with Gasteiger partial charge in [0.2, 0.25) is 5.91 Å². The average molecular weight is 346 g/mol. The minimum atomic E-state index is -0.244. The van der Waals surface area contributed by atoms with Crippen molar-refractivity contribution in [2.24, 2.45) is 5.92 Å². The van der Waals surface area contributed by atoms with Gasteiger partial charge in [-0.05, 0) is 31.8 Å². The number of rotatable bonds is 8. The first-order valence-corrected chi connectivity index (χ1v) is 8.54. The summed E-state index contributed by atoms with van der Waals surface area (Å²) in [6, 6.07) is 6.44. The van der Waals surface area contributed by atoms with Crippen LogP contribution in [0.1, 0.15) is 25.2 Å². The molecule has 1 amide bonds. The fraction of sp³-hybridized carbons (Fsp3) is 0.474. The summed E-state index contributed by atoms with van der Waals surface area (Å²) in [7, 11) is 3.99. The number of carbonyl (C=O) groups is 1. The van der Waals surface area contributed by atoms with Crippen LogP contribution in [-0.4, -0.2) is 52.4 Å². The van der Waals surface area contributed by atoms with Gasteiger partial charge in [0.1, 0.15) is 11.6 Å². The predicted octanol–water partition coefficient (Wildman–Crippen LogP) is 2.62. The van der Waals surface area contributed by atoms with E-state index in [2.05, 4.69) is 9.88 Å². The lowest BCUT2D eigenvalue weighted by Gasteiger charge is -2.26. The monoisotopic (exact) mass is 346 g/mol. The fourth-order valence-electron chi connectivity index (χ4n) is 2.55. The van der Waals surface area contributed by atoms with Crippen LogP contribution in [0.3, 0.4) is 0 Å². The van der Waals surface area contributed by atoms with Crippen LogP contribution in [0, 0.1) is 11.7 Å². The highest BCUT2D eigenvalue weighted by Crippen LogP contribution is 2.11. The van der Waals surface area contributed by atoms with Gasteiger partial charge in [-0.1, -0.05) is 26.0 Å². The first-order valence-electron chi connectivity index (χ1n) is 8.54. The molecule has 0 spiro atoms. The smallest absolute Gasteiger partial charge is 0.225 e. The largest absolute Gasteiger partial charge is 0.334 e. The van der Waals surface area contributed by atoms with Crippen LogP contribution in [0.4, 0.5) is 4.39 Å². The number of nitrogens with zero attached hydrogens (tertiary/aromatic N) is 4. The van der Waals surface area contributed by atoms with Crippen LogP contribution in [0.5, 0.6) is 0 Å². The molecule has 0 aliphatic heterocycles. The van der Waals surface area contributed by atoms with E-state index in [1.165, 1.54) is 12.1 Å². The molecule has 0 saturated carbocycles. The molecule has 0 atom stereocenters. The molecule has 0 N–H and O–H groups in total. The van der Waals surface area contributed by atoms with Crippen molar-refractivity contribution < 1.29 is 9.18 Å². The lowest BCUT2D eigenvalue weighted by molar-refractivity contribution is -0.135. The molecule has 0 fully saturated rings. The van der Waals surface area contributed by atoms with Gasteiger partial charge in [-0.2, -0.15) is 0 Å². The molecule has 0 aliphatic rings. The number of benzene rings is 1. The van der Waals surface area contributed by atoms with Crippen LogP contribution >= 0.6 is 0 Å². The van der Waals surface area contributed by atoms with Gasteiger partial charge in [-0.25, -0.2) is 9.37 Å². The molecule has 0 bridgehead atoms. The predicted molar refractivity (Wildman–Crippen MR) is 96.5 cm³/mol. The number of likely N-dealkylation sites (N-methyl/N-ethyl adjacent to an activating group) is 1. The van der Waals surface area contributed by atoms with Crippen molar-refractivity contribution in [3.63, 3.8) is 0 Å². The van der Waals surface area contributed by atoms with E-state index >= 15 is 0 Å². The van der Waals surface area contributed by atoms with Crippen LogP contribution < -0.4 is 0 Å². The molecule has 2 rings (SSSR count). The number of imidazole rings is 1. The van der Waals surface area contributed by atoms with Crippen molar-refractivity contribution in [3.05, 3.63) is 53.9 Å². The molecular formula is C19H27FN4O. The summed E-state index contributed by atoms with van der Waals surface area (Å²) in [6.07, 6.45) is 3.63. The SMILES string of the molecule is CC(C)C(=O)N(CCN(C)C)Cc1nccn1Cc1ccc(F)cc1. The number of halogens is 1. The molecular weight excluding hydrogens is 319 g/mol. The Morgan fingerprint density at radius 3 is 2.48 bits per heavy atom. The maximum Gasteiger partial charge on any atom is 0.225 e. The number of hydrogen-bond donors (Lipinski definition) is 0. The van der Waals surface area contributed by atoms with Gasteiger partial charge in [0.05, 0.1) is 6.54 Å². The maximum atomic E-state index is 13.1. The second-order valence-electron chi connectivity index (χ2n) is 6.82. The first-order chi connectivity index (χ1) is 11.9. The Morgan fingerprint density at radius 1 is 1.20 bits per heavy atom. The minimum absolute atomic E-state index is 0.0531.